The zero-order valence-electron chi connectivity index (χ0n) is 16.5. The van der Waals surface area contributed by atoms with Crippen molar-refractivity contribution in [1.29, 1.82) is 0 Å². The summed E-state index contributed by atoms with van der Waals surface area (Å²) >= 11 is 0. The van der Waals surface area contributed by atoms with Gasteiger partial charge in [0.05, 0.1) is 14.2 Å². The summed E-state index contributed by atoms with van der Waals surface area (Å²) in [5, 5.41) is 0. The van der Waals surface area contributed by atoms with Crippen molar-refractivity contribution >= 4 is 11.6 Å². The van der Waals surface area contributed by atoms with E-state index in [1.165, 1.54) is 0 Å². The van der Waals surface area contributed by atoms with Crippen molar-refractivity contribution in [3.63, 3.8) is 0 Å². The van der Waals surface area contributed by atoms with Gasteiger partial charge in [0.2, 0.25) is 0 Å². The lowest BCUT2D eigenvalue weighted by molar-refractivity contribution is 0.0906. The van der Waals surface area contributed by atoms with E-state index in [1.54, 1.807) is 26.4 Å². The van der Waals surface area contributed by atoms with Crippen molar-refractivity contribution in [1.82, 2.24) is 9.97 Å². The van der Waals surface area contributed by atoms with E-state index >= 15 is 0 Å². The first-order valence-electron chi connectivity index (χ1n) is 9.41. The fourth-order valence-electron chi connectivity index (χ4n) is 3.61. The second-order valence-electron chi connectivity index (χ2n) is 6.84. The predicted octanol–water partition coefficient (Wildman–Crippen LogP) is 3.46. The van der Waals surface area contributed by atoms with Crippen molar-refractivity contribution in [2.45, 2.75) is 33.1 Å². The molecule has 0 radical (unpaired) electrons. The molecule has 0 saturated carbocycles. The van der Waals surface area contributed by atoms with E-state index in [0.29, 0.717) is 23.6 Å². The average molecular weight is 369 g/mol. The van der Waals surface area contributed by atoms with Crippen molar-refractivity contribution in [3.05, 3.63) is 41.3 Å². The van der Waals surface area contributed by atoms with E-state index in [9.17, 15) is 4.79 Å². The second kappa shape index (κ2) is 8.37. The normalized spacial score (nSPS) is 16.9. The van der Waals surface area contributed by atoms with Crippen LogP contribution >= 0.6 is 0 Å². The Bertz CT molecular complexity index is 822. The third-order valence-electron chi connectivity index (χ3n) is 5.10. The quantitative estimate of drug-likeness (QED) is 0.727. The average Bonchev–Trinajstić information content (AvgIpc) is 2.72. The van der Waals surface area contributed by atoms with Crippen LogP contribution in [0.5, 0.6) is 11.5 Å². The SMILES string of the molecule is CCc1cnc(C)nc1N1CCC[C@H](C(=O)c2ccc(OC)c(OC)c2)C1. The summed E-state index contributed by atoms with van der Waals surface area (Å²) < 4.78 is 10.6. The minimum absolute atomic E-state index is 0.0585. The van der Waals surface area contributed by atoms with Gasteiger partial charge in [-0.05, 0) is 44.4 Å². The Balaban J connectivity index is 1.82. The summed E-state index contributed by atoms with van der Waals surface area (Å²) in [4.78, 5) is 24.3. The number of hydrogen-bond donors (Lipinski definition) is 0. The lowest BCUT2D eigenvalue weighted by Crippen LogP contribution is -2.39. The Hall–Kier alpha value is -2.63. The molecular weight excluding hydrogens is 342 g/mol. The second-order valence-corrected chi connectivity index (χ2v) is 6.84. The van der Waals surface area contributed by atoms with Gasteiger partial charge in [0, 0.05) is 36.3 Å². The fourth-order valence-corrected chi connectivity index (χ4v) is 3.61. The van der Waals surface area contributed by atoms with E-state index in [0.717, 1.165) is 43.0 Å². The van der Waals surface area contributed by atoms with Crippen LogP contribution in [0.15, 0.2) is 24.4 Å². The van der Waals surface area contributed by atoms with Crippen LogP contribution in [0.25, 0.3) is 0 Å². The molecule has 144 valence electrons. The summed E-state index contributed by atoms with van der Waals surface area (Å²) in [6.07, 6.45) is 4.63. The first kappa shape index (κ1) is 19.1. The maximum absolute atomic E-state index is 13.1. The molecule has 2 aromatic rings. The molecule has 1 saturated heterocycles. The van der Waals surface area contributed by atoms with Crippen LogP contribution < -0.4 is 14.4 Å². The highest BCUT2D eigenvalue weighted by Crippen LogP contribution is 2.31. The monoisotopic (exact) mass is 369 g/mol. The molecule has 6 nitrogen and oxygen atoms in total. The van der Waals surface area contributed by atoms with Crippen LogP contribution in [0.3, 0.4) is 0 Å². The van der Waals surface area contributed by atoms with Crippen LogP contribution in [0.1, 0.15) is 41.5 Å². The zero-order valence-corrected chi connectivity index (χ0v) is 16.5. The topological polar surface area (TPSA) is 64.6 Å². The van der Waals surface area contributed by atoms with Crippen LogP contribution in [0, 0.1) is 12.8 Å². The number of ether oxygens (including phenoxy) is 2. The Labute approximate surface area is 160 Å². The van der Waals surface area contributed by atoms with Gasteiger partial charge in [0.25, 0.3) is 0 Å². The molecule has 0 amide bonds. The summed E-state index contributed by atoms with van der Waals surface area (Å²) in [5.74, 6) is 3.02. The number of benzene rings is 1. The van der Waals surface area contributed by atoms with E-state index < -0.39 is 0 Å². The number of carbonyl (C=O) groups is 1. The van der Waals surface area contributed by atoms with Gasteiger partial charge >= 0.3 is 0 Å². The fraction of sp³-hybridized carbons (Fsp3) is 0.476. The molecule has 0 aliphatic carbocycles. The molecule has 2 heterocycles. The molecule has 0 bridgehead atoms. The molecular formula is C21H27N3O3. The first-order chi connectivity index (χ1) is 13.1. The van der Waals surface area contributed by atoms with Crippen molar-refractivity contribution in [3.8, 4) is 11.5 Å². The number of aromatic nitrogens is 2. The summed E-state index contributed by atoms with van der Waals surface area (Å²) in [6, 6.07) is 5.37. The highest BCUT2D eigenvalue weighted by atomic mass is 16.5. The molecule has 27 heavy (non-hydrogen) atoms. The number of anilines is 1. The van der Waals surface area contributed by atoms with Gasteiger partial charge in [-0.25, -0.2) is 9.97 Å². The van der Waals surface area contributed by atoms with E-state index in [4.69, 9.17) is 9.47 Å². The van der Waals surface area contributed by atoms with Crippen LogP contribution in [-0.2, 0) is 6.42 Å². The first-order valence-corrected chi connectivity index (χ1v) is 9.41. The van der Waals surface area contributed by atoms with Crippen LogP contribution in [0.2, 0.25) is 0 Å². The van der Waals surface area contributed by atoms with Gasteiger partial charge in [-0.3, -0.25) is 4.79 Å². The number of rotatable bonds is 6. The maximum atomic E-state index is 13.1. The molecule has 1 aromatic carbocycles. The van der Waals surface area contributed by atoms with Gasteiger partial charge < -0.3 is 14.4 Å². The van der Waals surface area contributed by atoms with Gasteiger partial charge in [0.1, 0.15) is 11.6 Å². The van der Waals surface area contributed by atoms with Crippen LogP contribution in [-0.4, -0.2) is 43.1 Å². The number of methoxy groups -OCH3 is 2. The van der Waals surface area contributed by atoms with E-state index in [1.807, 2.05) is 19.2 Å². The number of hydrogen-bond acceptors (Lipinski definition) is 6. The number of carbonyl (C=O) groups excluding carboxylic acids is 1. The highest BCUT2D eigenvalue weighted by molar-refractivity contribution is 5.99. The van der Waals surface area contributed by atoms with Crippen molar-refractivity contribution in [2.75, 3.05) is 32.2 Å². The molecule has 1 fully saturated rings. The Kier molecular flexibility index (Phi) is 5.94. The van der Waals surface area contributed by atoms with Crippen molar-refractivity contribution < 1.29 is 14.3 Å². The zero-order chi connectivity index (χ0) is 19.4. The minimum Gasteiger partial charge on any atom is -0.493 e. The largest absolute Gasteiger partial charge is 0.493 e. The highest BCUT2D eigenvalue weighted by Gasteiger charge is 2.29. The molecule has 1 aromatic heterocycles. The standard InChI is InChI=1S/C21H27N3O3/c1-5-15-12-22-14(2)23-21(15)24-10-6-7-17(13-24)20(25)16-8-9-18(26-3)19(11-16)27-4/h8-9,11-12,17H,5-7,10,13H2,1-4H3/t17-/m0/s1. The van der Waals surface area contributed by atoms with Gasteiger partial charge in [0.15, 0.2) is 17.3 Å². The number of piperidine rings is 1. The Morgan fingerprint density at radius 1 is 1.26 bits per heavy atom. The Morgan fingerprint density at radius 3 is 2.74 bits per heavy atom. The van der Waals surface area contributed by atoms with E-state index in [-0.39, 0.29) is 11.7 Å². The lowest BCUT2D eigenvalue weighted by atomic mass is 9.89. The molecule has 6 heteroatoms. The molecule has 0 spiro atoms. The predicted molar refractivity (Wildman–Crippen MR) is 105 cm³/mol. The molecule has 3 rings (SSSR count). The molecule has 1 atom stereocenters. The summed E-state index contributed by atoms with van der Waals surface area (Å²) in [7, 11) is 3.17. The Morgan fingerprint density at radius 2 is 2.04 bits per heavy atom. The van der Waals surface area contributed by atoms with Gasteiger partial charge in [-0.15, -0.1) is 0 Å². The van der Waals surface area contributed by atoms with Crippen LogP contribution in [0.4, 0.5) is 5.82 Å². The number of aryl methyl sites for hydroxylation is 2. The smallest absolute Gasteiger partial charge is 0.167 e. The summed E-state index contributed by atoms with van der Waals surface area (Å²) in [5.41, 5.74) is 1.79. The van der Waals surface area contributed by atoms with Gasteiger partial charge in [-0.2, -0.15) is 0 Å². The molecule has 1 aliphatic rings. The molecule has 1 aliphatic heterocycles. The number of nitrogens with zero attached hydrogens (tertiary/aromatic N) is 3. The van der Waals surface area contributed by atoms with E-state index in [2.05, 4.69) is 21.8 Å². The molecule has 0 N–H and O–H groups in total. The maximum Gasteiger partial charge on any atom is 0.167 e. The summed E-state index contributed by atoms with van der Waals surface area (Å²) in [6.45, 7) is 5.60. The minimum atomic E-state index is -0.0585. The molecule has 0 unspecified atom stereocenters. The third-order valence-corrected chi connectivity index (χ3v) is 5.10. The van der Waals surface area contributed by atoms with Crippen molar-refractivity contribution in [2.24, 2.45) is 5.92 Å². The lowest BCUT2D eigenvalue weighted by Gasteiger charge is -2.34. The number of ketones is 1. The number of Topliss-reactive ketones (excluding diaryl/α,β-unsaturated/α-hetero) is 1. The van der Waals surface area contributed by atoms with Gasteiger partial charge in [-0.1, -0.05) is 6.92 Å². The third kappa shape index (κ3) is 4.04.